The number of anilines is 1. The summed E-state index contributed by atoms with van der Waals surface area (Å²) in [4.78, 5) is 14.0. The van der Waals surface area contributed by atoms with Gasteiger partial charge in [0.1, 0.15) is 21.7 Å². The van der Waals surface area contributed by atoms with Crippen molar-refractivity contribution in [1.29, 1.82) is 5.26 Å². The van der Waals surface area contributed by atoms with Crippen molar-refractivity contribution in [1.82, 2.24) is 0 Å². The summed E-state index contributed by atoms with van der Waals surface area (Å²) in [5.41, 5.74) is 1.76. The zero-order valence-electron chi connectivity index (χ0n) is 14.1. The summed E-state index contributed by atoms with van der Waals surface area (Å²) in [5, 5.41) is 20.5. The van der Waals surface area contributed by atoms with Gasteiger partial charge in [-0.1, -0.05) is 17.7 Å². The van der Waals surface area contributed by atoms with E-state index in [1.54, 1.807) is 12.1 Å². The fraction of sp³-hybridized carbons (Fsp3) is 0.333. The number of carboxylic acid groups (broad SMARTS) is 1. The molecule has 0 aliphatic carbocycles. The van der Waals surface area contributed by atoms with Crippen molar-refractivity contribution in [2.75, 3.05) is 38.3 Å². The van der Waals surface area contributed by atoms with Crippen LogP contribution in [-0.4, -0.2) is 44.5 Å². The number of carboxylic acids is 1. The summed E-state index contributed by atoms with van der Waals surface area (Å²) in [6.45, 7) is 2.41. The molecule has 26 heavy (non-hydrogen) atoms. The Morgan fingerprint density at radius 2 is 2.19 bits per heavy atom. The van der Waals surface area contributed by atoms with Crippen molar-refractivity contribution < 1.29 is 19.4 Å². The van der Waals surface area contributed by atoms with Crippen LogP contribution in [0.4, 0.5) is 5.00 Å². The van der Waals surface area contributed by atoms with Crippen LogP contribution in [-0.2, 0) is 11.2 Å². The zero-order valence-corrected chi connectivity index (χ0v) is 15.7. The van der Waals surface area contributed by atoms with E-state index in [0.717, 1.165) is 16.9 Å². The van der Waals surface area contributed by atoms with E-state index < -0.39 is 5.97 Å². The van der Waals surface area contributed by atoms with Gasteiger partial charge in [0.05, 0.1) is 30.9 Å². The molecule has 2 heterocycles. The molecule has 0 spiro atoms. The van der Waals surface area contributed by atoms with Crippen LogP contribution in [0.2, 0.25) is 5.02 Å². The standard InChI is InChI=1S/C18H17ClN2O4S/c1-24-15-3-2-11(9-14(15)19)8-12-13(10-20)17(26-16(12)18(22)23)21-4-6-25-7-5-21/h2-3,9H,4-8H2,1H3,(H,22,23). The maximum Gasteiger partial charge on any atom is 0.346 e. The second-order valence-electron chi connectivity index (χ2n) is 5.75. The number of aromatic carboxylic acids is 1. The first kappa shape index (κ1) is 18.5. The highest BCUT2D eigenvalue weighted by molar-refractivity contribution is 7.18. The number of halogens is 1. The van der Waals surface area contributed by atoms with Crippen LogP contribution in [0, 0.1) is 11.3 Å². The van der Waals surface area contributed by atoms with E-state index in [0.29, 0.717) is 59.6 Å². The molecule has 0 atom stereocenters. The lowest BCUT2D eigenvalue weighted by molar-refractivity contribution is 0.0701. The number of benzene rings is 1. The Hall–Kier alpha value is -2.27. The van der Waals surface area contributed by atoms with Gasteiger partial charge in [-0.15, -0.1) is 11.3 Å². The maximum atomic E-state index is 11.8. The molecule has 0 unspecified atom stereocenters. The van der Waals surface area contributed by atoms with Crippen LogP contribution < -0.4 is 9.64 Å². The monoisotopic (exact) mass is 392 g/mol. The summed E-state index contributed by atoms with van der Waals surface area (Å²) >= 11 is 7.32. The molecule has 8 heteroatoms. The third kappa shape index (κ3) is 3.63. The predicted octanol–water partition coefficient (Wildman–Crippen LogP) is 3.41. The Labute approximate surface area is 160 Å². The minimum Gasteiger partial charge on any atom is -0.495 e. The number of nitrogens with zero attached hydrogens (tertiary/aromatic N) is 2. The molecule has 1 aromatic carbocycles. The van der Waals surface area contributed by atoms with Gasteiger partial charge in [-0.05, 0) is 17.7 Å². The first-order valence-electron chi connectivity index (χ1n) is 7.99. The number of methoxy groups -OCH3 is 1. The largest absolute Gasteiger partial charge is 0.495 e. The number of hydrogen-bond donors (Lipinski definition) is 1. The zero-order chi connectivity index (χ0) is 18.7. The minimum absolute atomic E-state index is 0.190. The van der Waals surface area contributed by atoms with Gasteiger partial charge >= 0.3 is 5.97 Å². The number of thiophene rings is 1. The molecule has 1 fully saturated rings. The van der Waals surface area contributed by atoms with E-state index in [2.05, 4.69) is 6.07 Å². The van der Waals surface area contributed by atoms with E-state index >= 15 is 0 Å². The summed E-state index contributed by atoms with van der Waals surface area (Å²) < 4.78 is 10.5. The molecule has 1 aromatic heterocycles. The first-order valence-corrected chi connectivity index (χ1v) is 9.18. The van der Waals surface area contributed by atoms with Crippen LogP contribution in [0.5, 0.6) is 5.75 Å². The topological polar surface area (TPSA) is 82.8 Å². The molecule has 0 amide bonds. The Bertz CT molecular complexity index is 869. The highest BCUT2D eigenvalue weighted by Crippen LogP contribution is 2.38. The predicted molar refractivity (Wildman–Crippen MR) is 99.8 cm³/mol. The molecular weight excluding hydrogens is 376 g/mol. The molecule has 3 rings (SSSR count). The van der Waals surface area contributed by atoms with Gasteiger partial charge in [-0.2, -0.15) is 5.26 Å². The third-order valence-electron chi connectivity index (χ3n) is 4.19. The van der Waals surface area contributed by atoms with Gasteiger partial charge in [0.2, 0.25) is 0 Å². The Morgan fingerprint density at radius 1 is 1.46 bits per heavy atom. The van der Waals surface area contributed by atoms with Gasteiger partial charge in [0.15, 0.2) is 0 Å². The van der Waals surface area contributed by atoms with Crippen LogP contribution >= 0.6 is 22.9 Å². The fourth-order valence-corrected chi connectivity index (χ4v) is 4.36. The van der Waals surface area contributed by atoms with Crippen LogP contribution in [0.1, 0.15) is 26.4 Å². The van der Waals surface area contributed by atoms with Gasteiger partial charge in [0, 0.05) is 25.1 Å². The number of rotatable bonds is 5. The fourth-order valence-electron chi connectivity index (χ4n) is 2.92. The summed E-state index contributed by atoms with van der Waals surface area (Å²) in [5.74, 6) is -0.477. The second-order valence-corrected chi connectivity index (χ2v) is 7.16. The van der Waals surface area contributed by atoms with Gasteiger partial charge in [-0.3, -0.25) is 0 Å². The van der Waals surface area contributed by atoms with E-state index in [1.807, 2.05) is 11.0 Å². The lowest BCUT2D eigenvalue weighted by atomic mass is 10.0. The molecule has 0 radical (unpaired) electrons. The lowest BCUT2D eigenvalue weighted by Crippen LogP contribution is -2.36. The molecule has 136 valence electrons. The van der Waals surface area contributed by atoms with Crippen molar-refractivity contribution in [2.24, 2.45) is 0 Å². The van der Waals surface area contributed by atoms with Crippen LogP contribution in [0.25, 0.3) is 0 Å². The SMILES string of the molecule is COc1ccc(Cc2c(C(=O)O)sc(N3CCOCC3)c2C#N)cc1Cl. The summed E-state index contributed by atoms with van der Waals surface area (Å²) in [6, 6.07) is 7.49. The maximum absolute atomic E-state index is 11.8. The van der Waals surface area contributed by atoms with Crippen molar-refractivity contribution >= 4 is 33.9 Å². The number of carbonyl (C=O) groups is 1. The lowest BCUT2D eigenvalue weighted by Gasteiger charge is -2.27. The summed E-state index contributed by atoms with van der Waals surface area (Å²) in [6.07, 6.45) is 0.315. The molecule has 1 aliphatic heterocycles. The average Bonchev–Trinajstić information content (AvgIpc) is 3.01. The van der Waals surface area contributed by atoms with Gasteiger partial charge < -0.3 is 19.5 Å². The van der Waals surface area contributed by atoms with Crippen molar-refractivity contribution in [3.8, 4) is 11.8 Å². The number of hydrogen-bond acceptors (Lipinski definition) is 6. The van der Waals surface area contributed by atoms with Crippen LogP contribution in [0.3, 0.4) is 0 Å². The van der Waals surface area contributed by atoms with E-state index in [-0.39, 0.29) is 4.88 Å². The Balaban J connectivity index is 2.02. The molecule has 0 saturated carbocycles. The van der Waals surface area contributed by atoms with Crippen molar-refractivity contribution in [2.45, 2.75) is 6.42 Å². The normalized spacial score (nSPS) is 14.1. The third-order valence-corrected chi connectivity index (χ3v) is 5.77. The molecular formula is C18H17ClN2O4S. The van der Waals surface area contributed by atoms with Gasteiger partial charge in [0.25, 0.3) is 0 Å². The molecule has 2 aromatic rings. The second kappa shape index (κ2) is 7.96. The molecule has 0 bridgehead atoms. The minimum atomic E-state index is -1.03. The molecule has 6 nitrogen and oxygen atoms in total. The first-order chi connectivity index (χ1) is 12.5. The van der Waals surface area contributed by atoms with Gasteiger partial charge in [-0.25, -0.2) is 4.79 Å². The highest BCUT2D eigenvalue weighted by atomic mass is 35.5. The van der Waals surface area contributed by atoms with E-state index in [1.165, 1.54) is 7.11 Å². The molecule has 1 aliphatic rings. The van der Waals surface area contributed by atoms with E-state index in [9.17, 15) is 15.2 Å². The van der Waals surface area contributed by atoms with Crippen molar-refractivity contribution in [3.63, 3.8) is 0 Å². The number of morpholine rings is 1. The Morgan fingerprint density at radius 3 is 2.77 bits per heavy atom. The Kier molecular flexibility index (Phi) is 5.67. The molecule has 1 N–H and O–H groups in total. The number of ether oxygens (including phenoxy) is 2. The molecule has 1 saturated heterocycles. The quantitative estimate of drug-likeness (QED) is 0.839. The smallest absolute Gasteiger partial charge is 0.346 e. The van der Waals surface area contributed by atoms with E-state index in [4.69, 9.17) is 21.1 Å². The van der Waals surface area contributed by atoms with Crippen molar-refractivity contribution in [3.05, 3.63) is 44.8 Å². The average molecular weight is 393 g/mol. The highest BCUT2D eigenvalue weighted by Gasteiger charge is 2.26. The van der Waals surface area contributed by atoms with Crippen LogP contribution in [0.15, 0.2) is 18.2 Å². The number of nitriles is 1. The summed E-state index contributed by atoms with van der Waals surface area (Å²) in [7, 11) is 1.53.